The van der Waals surface area contributed by atoms with Gasteiger partial charge in [0.1, 0.15) is 0 Å². The summed E-state index contributed by atoms with van der Waals surface area (Å²) in [7, 11) is 1.14. The average Bonchev–Trinajstić information content (AvgIpc) is 3.31. The first kappa shape index (κ1) is 12.2. The molecule has 0 saturated heterocycles. The van der Waals surface area contributed by atoms with Crippen molar-refractivity contribution in [1.82, 2.24) is 0 Å². The lowest BCUT2D eigenvalue weighted by Crippen LogP contribution is -2.12. The average molecular weight is 247 g/mol. The number of hydrogen-bond acceptors (Lipinski definition) is 1. The molecule has 1 fully saturated rings. The summed E-state index contributed by atoms with van der Waals surface area (Å²) in [6.45, 7) is 2.21. The molecular formula is C17H16BO. The van der Waals surface area contributed by atoms with Gasteiger partial charge < -0.3 is 5.02 Å². The molecule has 1 N–H and O–H groups in total. The Labute approximate surface area is 114 Å². The fraction of sp³-hybridized carbons (Fsp3) is 0.176. The maximum atomic E-state index is 9.10. The zero-order valence-corrected chi connectivity index (χ0v) is 11.1. The molecule has 0 heterocycles. The molecule has 0 spiro atoms. The van der Waals surface area contributed by atoms with Crippen LogP contribution in [0.4, 0.5) is 0 Å². The number of rotatable bonds is 3. The SMILES string of the molecule is CC(=C1CC1)c1cccc(-c2cccc([B]O)c2)c1. The molecule has 2 aromatic carbocycles. The monoisotopic (exact) mass is 247 g/mol. The predicted octanol–water partition coefficient (Wildman–Crippen LogP) is 3.16. The van der Waals surface area contributed by atoms with Gasteiger partial charge in [-0.25, -0.2) is 0 Å². The second-order valence-corrected chi connectivity index (χ2v) is 5.06. The minimum atomic E-state index is 0.833. The van der Waals surface area contributed by atoms with Crippen LogP contribution in [0, 0.1) is 0 Å². The third-order valence-corrected chi connectivity index (χ3v) is 3.69. The topological polar surface area (TPSA) is 20.2 Å². The van der Waals surface area contributed by atoms with Crippen LogP contribution in [0.5, 0.6) is 0 Å². The molecule has 19 heavy (non-hydrogen) atoms. The summed E-state index contributed by atoms with van der Waals surface area (Å²) >= 11 is 0. The van der Waals surface area contributed by atoms with Gasteiger partial charge in [-0.3, -0.25) is 0 Å². The third-order valence-electron chi connectivity index (χ3n) is 3.69. The largest absolute Gasteiger partial charge is 0.450 e. The van der Waals surface area contributed by atoms with E-state index in [2.05, 4.69) is 37.3 Å². The molecule has 0 bridgehead atoms. The Hall–Kier alpha value is -1.80. The van der Waals surface area contributed by atoms with E-state index in [4.69, 9.17) is 5.02 Å². The fourth-order valence-corrected chi connectivity index (χ4v) is 2.37. The minimum absolute atomic E-state index is 0.833. The van der Waals surface area contributed by atoms with E-state index in [0.717, 1.165) is 18.5 Å². The fourth-order valence-electron chi connectivity index (χ4n) is 2.37. The second kappa shape index (κ2) is 5.06. The number of allylic oxidation sites excluding steroid dienone is 2. The lowest BCUT2D eigenvalue weighted by atomic mass is 9.86. The summed E-state index contributed by atoms with van der Waals surface area (Å²) in [4.78, 5) is 0. The maximum Gasteiger partial charge on any atom is 0.326 e. The van der Waals surface area contributed by atoms with Gasteiger partial charge >= 0.3 is 7.48 Å². The van der Waals surface area contributed by atoms with Crippen molar-refractivity contribution >= 4 is 18.5 Å². The molecule has 1 aliphatic carbocycles. The lowest BCUT2D eigenvalue weighted by molar-refractivity contribution is 0.615. The van der Waals surface area contributed by atoms with Crippen LogP contribution in [-0.4, -0.2) is 12.5 Å². The zero-order chi connectivity index (χ0) is 13.2. The first-order valence-corrected chi connectivity index (χ1v) is 6.65. The van der Waals surface area contributed by atoms with Gasteiger partial charge in [0.2, 0.25) is 0 Å². The Balaban J connectivity index is 2.01. The molecular weight excluding hydrogens is 231 g/mol. The third kappa shape index (κ3) is 2.64. The molecule has 93 valence electrons. The summed E-state index contributed by atoms with van der Waals surface area (Å²) in [5, 5.41) is 9.10. The van der Waals surface area contributed by atoms with Gasteiger partial charge in [-0.05, 0) is 48.1 Å². The molecule has 0 aliphatic heterocycles. The van der Waals surface area contributed by atoms with Gasteiger partial charge in [0, 0.05) is 0 Å². The highest BCUT2D eigenvalue weighted by Gasteiger charge is 2.15. The van der Waals surface area contributed by atoms with Crippen LogP contribution in [0.3, 0.4) is 0 Å². The molecule has 1 aliphatic rings. The van der Waals surface area contributed by atoms with Crippen LogP contribution in [0.2, 0.25) is 0 Å². The predicted molar refractivity (Wildman–Crippen MR) is 81.3 cm³/mol. The van der Waals surface area contributed by atoms with Crippen molar-refractivity contribution < 1.29 is 5.02 Å². The second-order valence-electron chi connectivity index (χ2n) is 5.06. The van der Waals surface area contributed by atoms with E-state index in [0.29, 0.717) is 0 Å². The molecule has 2 heteroatoms. The van der Waals surface area contributed by atoms with E-state index in [-0.39, 0.29) is 0 Å². The quantitative estimate of drug-likeness (QED) is 0.826. The Morgan fingerprint density at radius 3 is 2.37 bits per heavy atom. The molecule has 3 rings (SSSR count). The Bertz CT molecular complexity index is 637. The van der Waals surface area contributed by atoms with Crippen molar-refractivity contribution in [2.45, 2.75) is 19.8 Å². The lowest BCUT2D eigenvalue weighted by Gasteiger charge is -2.07. The van der Waals surface area contributed by atoms with Crippen LogP contribution < -0.4 is 5.46 Å². The van der Waals surface area contributed by atoms with Crippen molar-refractivity contribution in [3.8, 4) is 11.1 Å². The van der Waals surface area contributed by atoms with Gasteiger partial charge in [0.25, 0.3) is 0 Å². The molecule has 1 radical (unpaired) electrons. The number of benzene rings is 2. The highest BCUT2D eigenvalue weighted by molar-refractivity contribution is 6.45. The van der Waals surface area contributed by atoms with Crippen LogP contribution in [0.25, 0.3) is 16.7 Å². The Kier molecular flexibility index (Phi) is 3.26. The van der Waals surface area contributed by atoms with Crippen LogP contribution in [0.15, 0.2) is 54.1 Å². The normalized spacial score (nSPS) is 13.3. The molecule has 1 saturated carbocycles. The molecule has 0 aromatic heterocycles. The van der Waals surface area contributed by atoms with Gasteiger partial charge in [-0.2, -0.15) is 0 Å². The van der Waals surface area contributed by atoms with E-state index in [1.54, 1.807) is 5.57 Å². The van der Waals surface area contributed by atoms with Gasteiger partial charge in [0.15, 0.2) is 0 Å². The highest BCUT2D eigenvalue weighted by atomic mass is 16.2. The van der Waals surface area contributed by atoms with E-state index in [1.807, 2.05) is 18.2 Å². The summed E-state index contributed by atoms with van der Waals surface area (Å²) in [6.07, 6.45) is 2.51. The molecule has 2 aromatic rings. The van der Waals surface area contributed by atoms with E-state index in [1.165, 1.54) is 29.5 Å². The summed E-state index contributed by atoms with van der Waals surface area (Å²) in [6, 6.07) is 16.6. The number of hydrogen-bond donors (Lipinski definition) is 1. The minimum Gasteiger partial charge on any atom is -0.450 e. The molecule has 0 atom stereocenters. The first-order valence-electron chi connectivity index (χ1n) is 6.65. The highest BCUT2D eigenvalue weighted by Crippen LogP contribution is 2.36. The van der Waals surface area contributed by atoms with Crippen molar-refractivity contribution in [2.75, 3.05) is 0 Å². The molecule has 1 nitrogen and oxygen atoms in total. The van der Waals surface area contributed by atoms with Crippen LogP contribution in [0.1, 0.15) is 25.3 Å². The summed E-state index contributed by atoms with van der Waals surface area (Å²) < 4.78 is 0. The molecule has 0 amide bonds. The van der Waals surface area contributed by atoms with Gasteiger partial charge in [-0.15, -0.1) is 0 Å². The summed E-state index contributed by atoms with van der Waals surface area (Å²) in [5.74, 6) is 0. The van der Waals surface area contributed by atoms with Crippen LogP contribution >= 0.6 is 0 Å². The summed E-state index contributed by atoms with van der Waals surface area (Å²) in [5.41, 5.74) is 7.48. The van der Waals surface area contributed by atoms with E-state index >= 15 is 0 Å². The van der Waals surface area contributed by atoms with Crippen LogP contribution in [-0.2, 0) is 0 Å². The van der Waals surface area contributed by atoms with Gasteiger partial charge in [0.05, 0.1) is 0 Å². The van der Waals surface area contributed by atoms with Crippen molar-refractivity contribution in [2.24, 2.45) is 0 Å². The van der Waals surface area contributed by atoms with Crippen molar-refractivity contribution in [3.63, 3.8) is 0 Å². The first-order chi connectivity index (χ1) is 9.28. The smallest absolute Gasteiger partial charge is 0.326 e. The van der Waals surface area contributed by atoms with E-state index < -0.39 is 0 Å². The van der Waals surface area contributed by atoms with Gasteiger partial charge in [-0.1, -0.05) is 53.5 Å². The standard InChI is InChI=1S/C17H16BO/c1-12(13-8-9-13)14-4-2-5-15(10-14)16-6-3-7-17(11-16)18-19/h2-7,10-11,19H,8-9H2,1H3. The zero-order valence-electron chi connectivity index (χ0n) is 11.1. The maximum absolute atomic E-state index is 9.10. The molecule has 0 unspecified atom stereocenters. The van der Waals surface area contributed by atoms with Crippen molar-refractivity contribution in [3.05, 3.63) is 59.7 Å². The van der Waals surface area contributed by atoms with E-state index in [9.17, 15) is 0 Å². The van der Waals surface area contributed by atoms with Crippen molar-refractivity contribution in [1.29, 1.82) is 0 Å². The Morgan fingerprint density at radius 2 is 1.68 bits per heavy atom. The Morgan fingerprint density at radius 1 is 1.00 bits per heavy atom.